The van der Waals surface area contributed by atoms with Crippen molar-refractivity contribution >= 4 is 40.2 Å². The molecule has 184 valence electrons. The van der Waals surface area contributed by atoms with E-state index in [1.807, 2.05) is 48.5 Å². The minimum atomic E-state index is -0.978. The fraction of sp³-hybridized carbons (Fsp3) is 0.200. The van der Waals surface area contributed by atoms with Crippen molar-refractivity contribution in [2.75, 3.05) is 7.11 Å². The Morgan fingerprint density at radius 3 is 2.53 bits per heavy atom. The summed E-state index contributed by atoms with van der Waals surface area (Å²) in [7, 11) is 1.41. The van der Waals surface area contributed by atoms with Crippen molar-refractivity contribution in [3.63, 3.8) is 0 Å². The highest BCUT2D eigenvalue weighted by molar-refractivity contribution is 6.39. The molecule has 3 amide bonds. The van der Waals surface area contributed by atoms with Gasteiger partial charge in [-0.15, -0.1) is 0 Å². The van der Waals surface area contributed by atoms with E-state index in [4.69, 9.17) is 26.6 Å². The van der Waals surface area contributed by atoms with Gasteiger partial charge in [0.15, 0.2) is 0 Å². The van der Waals surface area contributed by atoms with Crippen molar-refractivity contribution in [3.05, 3.63) is 76.6 Å². The summed E-state index contributed by atoms with van der Waals surface area (Å²) in [6.07, 6.45) is 1.04. The number of hydrogen-bond acceptors (Lipinski definition) is 6. The number of carbonyl (C=O) groups excluding carboxylic acids is 3. The van der Waals surface area contributed by atoms with Crippen molar-refractivity contribution in [2.24, 2.45) is 5.73 Å². The standard InChI is InChI=1S/C25H22ClN5O5/c1-35-19-12-18(36-30-19)23(33)29-25(10-11-25)24(34)28-13-14-6-8-15(9-7-14)31-17-5-3-2-4-16(17)20(26)21(31)22(27)32/h2-9,12H,10-11,13H2,1H3,(H2,27,32)(H,28,34)(H,29,33). The number of primary amides is 1. The Bertz CT molecular complexity index is 1490. The van der Waals surface area contributed by atoms with Gasteiger partial charge in [0, 0.05) is 17.6 Å². The fourth-order valence-electron chi connectivity index (χ4n) is 4.08. The Morgan fingerprint density at radius 2 is 1.89 bits per heavy atom. The summed E-state index contributed by atoms with van der Waals surface area (Å²) in [6.45, 7) is 0.253. The maximum absolute atomic E-state index is 12.8. The lowest BCUT2D eigenvalue weighted by molar-refractivity contribution is -0.124. The first-order chi connectivity index (χ1) is 17.3. The molecule has 5 rings (SSSR count). The van der Waals surface area contributed by atoms with Gasteiger partial charge in [-0.25, -0.2) is 0 Å². The number of ether oxygens (including phenoxy) is 1. The van der Waals surface area contributed by atoms with E-state index < -0.39 is 17.4 Å². The van der Waals surface area contributed by atoms with E-state index in [-0.39, 0.29) is 29.8 Å². The molecule has 0 unspecified atom stereocenters. The van der Waals surface area contributed by atoms with Crippen LogP contribution >= 0.6 is 11.6 Å². The smallest absolute Gasteiger partial charge is 0.290 e. The summed E-state index contributed by atoms with van der Waals surface area (Å²) in [5, 5.41) is 10.2. The molecule has 10 nitrogen and oxygen atoms in total. The monoisotopic (exact) mass is 507 g/mol. The third kappa shape index (κ3) is 4.16. The van der Waals surface area contributed by atoms with Crippen LogP contribution in [0.25, 0.3) is 16.6 Å². The van der Waals surface area contributed by atoms with Gasteiger partial charge in [0.05, 0.1) is 23.7 Å². The third-order valence-corrected chi connectivity index (χ3v) is 6.54. The zero-order chi connectivity index (χ0) is 25.4. The van der Waals surface area contributed by atoms with Gasteiger partial charge in [-0.1, -0.05) is 41.9 Å². The van der Waals surface area contributed by atoms with Gasteiger partial charge in [0.1, 0.15) is 11.2 Å². The molecular weight excluding hydrogens is 486 g/mol. The predicted octanol–water partition coefficient (Wildman–Crippen LogP) is 2.96. The van der Waals surface area contributed by atoms with Crippen LogP contribution in [-0.4, -0.2) is 40.1 Å². The SMILES string of the molecule is COc1cc(C(=O)NC2(C(=O)NCc3ccc(-n4c(C(N)=O)c(Cl)c5ccccc54)cc3)CC2)on1. The van der Waals surface area contributed by atoms with Crippen LogP contribution in [0.15, 0.2) is 59.1 Å². The fourth-order valence-corrected chi connectivity index (χ4v) is 4.41. The predicted molar refractivity (Wildman–Crippen MR) is 131 cm³/mol. The molecule has 1 fully saturated rings. The normalized spacial score (nSPS) is 13.8. The van der Waals surface area contributed by atoms with Crippen molar-refractivity contribution in [1.82, 2.24) is 20.4 Å². The van der Waals surface area contributed by atoms with Gasteiger partial charge < -0.3 is 30.2 Å². The summed E-state index contributed by atoms with van der Waals surface area (Å²) in [5.41, 5.74) is 7.13. The number of nitrogens with zero attached hydrogens (tertiary/aromatic N) is 2. The number of carbonyl (C=O) groups is 3. The summed E-state index contributed by atoms with van der Waals surface area (Å²) in [4.78, 5) is 37.4. The number of nitrogens with two attached hydrogens (primary N) is 1. The number of halogens is 1. The van der Waals surface area contributed by atoms with Gasteiger partial charge in [-0.3, -0.25) is 14.4 Å². The molecule has 0 saturated heterocycles. The first-order valence-corrected chi connectivity index (χ1v) is 11.5. The largest absolute Gasteiger partial charge is 0.479 e. The van der Waals surface area contributed by atoms with Crippen molar-refractivity contribution < 1.29 is 23.6 Å². The molecule has 0 aliphatic heterocycles. The van der Waals surface area contributed by atoms with E-state index in [2.05, 4.69) is 15.8 Å². The molecule has 0 atom stereocenters. The van der Waals surface area contributed by atoms with Crippen LogP contribution in [0.1, 0.15) is 39.4 Å². The van der Waals surface area contributed by atoms with Crippen LogP contribution in [0.4, 0.5) is 0 Å². The second-order valence-electron chi connectivity index (χ2n) is 8.50. The number of rotatable bonds is 8. The lowest BCUT2D eigenvalue weighted by Gasteiger charge is -2.16. The van der Waals surface area contributed by atoms with Gasteiger partial charge in [0.2, 0.25) is 11.7 Å². The van der Waals surface area contributed by atoms with Gasteiger partial charge in [-0.2, -0.15) is 0 Å². The van der Waals surface area contributed by atoms with Crippen LogP contribution in [-0.2, 0) is 11.3 Å². The summed E-state index contributed by atoms with van der Waals surface area (Å²) < 4.78 is 11.6. The average Bonchev–Trinajstić information content (AvgIpc) is 3.38. The second-order valence-corrected chi connectivity index (χ2v) is 8.88. The van der Waals surface area contributed by atoms with Gasteiger partial charge in [0.25, 0.3) is 17.7 Å². The molecule has 4 aromatic rings. The number of hydrogen-bond donors (Lipinski definition) is 3. The maximum atomic E-state index is 12.8. The molecule has 2 aromatic heterocycles. The van der Waals surface area contributed by atoms with Crippen molar-refractivity contribution in [3.8, 4) is 11.6 Å². The van der Waals surface area contributed by atoms with E-state index in [0.29, 0.717) is 23.6 Å². The molecule has 11 heteroatoms. The van der Waals surface area contributed by atoms with Crippen LogP contribution in [0, 0.1) is 0 Å². The van der Waals surface area contributed by atoms with Gasteiger partial charge in [-0.05, 0) is 41.8 Å². The molecule has 1 saturated carbocycles. The number of fused-ring (bicyclic) bond motifs is 1. The third-order valence-electron chi connectivity index (χ3n) is 6.15. The van der Waals surface area contributed by atoms with Gasteiger partial charge >= 0.3 is 0 Å². The lowest BCUT2D eigenvalue weighted by atomic mass is 10.1. The quantitative estimate of drug-likeness (QED) is 0.335. The van der Waals surface area contributed by atoms with E-state index in [0.717, 1.165) is 16.5 Å². The van der Waals surface area contributed by atoms with Crippen LogP contribution in [0.3, 0.4) is 0 Å². The second kappa shape index (κ2) is 9.04. The lowest BCUT2D eigenvalue weighted by Crippen LogP contribution is -2.48. The van der Waals surface area contributed by atoms with Crippen LogP contribution in [0.5, 0.6) is 5.88 Å². The van der Waals surface area contributed by atoms with Crippen LogP contribution in [0.2, 0.25) is 5.02 Å². The zero-order valence-corrected chi connectivity index (χ0v) is 20.0. The zero-order valence-electron chi connectivity index (χ0n) is 19.2. The number of aromatic nitrogens is 2. The van der Waals surface area contributed by atoms with E-state index in [1.165, 1.54) is 13.2 Å². The first kappa shape index (κ1) is 23.4. The minimum Gasteiger partial charge on any atom is -0.479 e. The van der Waals surface area contributed by atoms with E-state index in [1.54, 1.807) is 4.57 Å². The molecule has 2 aromatic carbocycles. The minimum absolute atomic E-state index is 0.0329. The number of para-hydroxylation sites is 1. The Labute approximate surface area is 210 Å². The highest BCUT2D eigenvalue weighted by Gasteiger charge is 2.51. The molecule has 36 heavy (non-hydrogen) atoms. The summed E-state index contributed by atoms with van der Waals surface area (Å²) in [5.74, 6) is -1.31. The Hall–Kier alpha value is -4.31. The molecule has 2 heterocycles. The molecule has 0 spiro atoms. The highest BCUT2D eigenvalue weighted by atomic mass is 35.5. The topological polar surface area (TPSA) is 141 Å². The summed E-state index contributed by atoms with van der Waals surface area (Å²) >= 11 is 6.44. The number of benzene rings is 2. The Balaban J connectivity index is 1.28. The van der Waals surface area contributed by atoms with E-state index in [9.17, 15) is 14.4 Å². The highest BCUT2D eigenvalue weighted by Crippen LogP contribution is 2.36. The average molecular weight is 508 g/mol. The van der Waals surface area contributed by atoms with Crippen molar-refractivity contribution in [1.29, 1.82) is 0 Å². The Morgan fingerprint density at radius 1 is 1.17 bits per heavy atom. The number of amides is 3. The number of methoxy groups -OCH3 is 1. The Kier molecular flexibility index (Phi) is 5.89. The summed E-state index contributed by atoms with van der Waals surface area (Å²) in [6, 6.07) is 16.1. The molecule has 0 radical (unpaired) electrons. The molecule has 4 N–H and O–H groups in total. The molecule has 1 aliphatic rings. The molecule has 0 bridgehead atoms. The first-order valence-electron chi connectivity index (χ1n) is 11.1. The van der Waals surface area contributed by atoms with E-state index >= 15 is 0 Å². The van der Waals surface area contributed by atoms with Crippen molar-refractivity contribution in [2.45, 2.75) is 24.9 Å². The maximum Gasteiger partial charge on any atom is 0.290 e. The number of nitrogens with one attached hydrogen (secondary N) is 2. The molecular formula is C25H22ClN5O5. The van der Waals surface area contributed by atoms with Crippen LogP contribution < -0.4 is 21.1 Å². The molecule has 1 aliphatic carbocycles.